The molecule has 2 fully saturated rings. The van der Waals surface area contributed by atoms with Gasteiger partial charge in [0, 0.05) is 5.41 Å². The summed E-state index contributed by atoms with van der Waals surface area (Å²) in [6.07, 6.45) is 4.11. The number of aliphatic hydroxyl groups excluding tert-OH is 4. The zero-order valence-electron chi connectivity index (χ0n) is 23.4. The molecule has 0 bridgehead atoms. The van der Waals surface area contributed by atoms with Crippen molar-refractivity contribution in [2.45, 2.75) is 137 Å². The third-order valence-corrected chi connectivity index (χ3v) is 12.2. The smallest absolute Gasteiger partial charge is 0.0853 e. The Bertz CT molecular complexity index is 857. The molecule has 0 aromatic rings. The van der Waals surface area contributed by atoms with Crippen molar-refractivity contribution in [2.24, 2.45) is 39.4 Å². The summed E-state index contributed by atoms with van der Waals surface area (Å²) in [4.78, 5) is 0. The Balaban J connectivity index is 1.67. The monoisotopic (exact) mass is 492 g/mol. The molecule has 5 heteroatoms. The molecule has 4 rings (SSSR count). The first-order valence-corrected chi connectivity index (χ1v) is 14.1. The van der Waals surface area contributed by atoms with Gasteiger partial charge in [-0.15, -0.1) is 0 Å². The SMILES string of the molecule is CC(CCC(O)C(C)(C)O)C1CCC2(C)C3=C(CC(O)C12C)C1(C)CC(O)C(O)C(C)(C)C1CC3. The Labute approximate surface area is 213 Å². The van der Waals surface area contributed by atoms with Crippen LogP contribution in [0.4, 0.5) is 0 Å². The van der Waals surface area contributed by atoms with Gasteiger partial charge in [-0.2, -0.15) is 0 Å². The van der Waals surface area contributed by atoms with Gasteiger partial charge in [0.05, 0.1) is 30.0 Å². The molecule has 4 aliphatic rings. The number of allylic oxidation sites excluding steroid dienone is 1. The summed E-state index contributed by atoms with van der Waals surface area (Å²) in [6.45, 7) is 16.8. The lowest BCUT2D eigenvalue weighted by Crippen LogP contribution is -2.61. The molecule has 0 spiro atoms. The minimum atomic E-state index is -1.10. The average Bonchev–Trinajstić information content (AvgIpc) is 3.03. The number of aliphatic hydroxyl groups is 5. The van der Waals surface area contributed by atoms with Crippen LogP contribution in [0.3, 0.4) is 0 Å². The van der Waals surface area contributed by atoms with E-state index in [0.29, 0.717) is 31.1 Å². The molecule has 5 N–H and O–H groups in total. The van der Waals surface area contributed by atoms with Gasteiger partial charge in [-0.05, 0) is 99.2 Å². The van der Waals surface area contributed by atoms with Crippen LogP contribution in [-0.4, -0.2) is 55.5 Å². The highest BCUT2D eigenvalue weighted by molar-refractivity contribution is 5.40. The topological polar surface area (TPSA) is 101 Å². The Morgan fingerprint density at radius 3 is 2.20 bits per heavy atom. The van der Waals surface area contributed by atoms with Crippen LogP contribution in [0.2, 0.25) is 0 Å². The molecule has 0 aliphatic heterocycles. The summed E-state index contributed by atoms with van der Waals surface area (Å²) >= 11 is 0. The van der Waals surface area contributed by atoms with Crippen LogP contribution in [0.25, 0.3) is 0 Å². The molecule has 2 saturated carbocycles. The van der Waals surface area contributed by atoms with Crippen molar-refractivity contribution in [3.63, 3.8) is 0 Å². The second-order valence-corrected chi connectivity index (χ2v) is 14.7. The fourth-order valence-electron chi connectivity index (χ4n) is 9.75. The summed E-state index contributed by atoms with van der Waals surface area (Å²) in [7, 11) is 0. The zero-order chi connectivity index (χ0) is 26.4. The average molecular weight is 493 g/mol. The van der Waals surface area contributed by atoms with E-state index in [0.717, 1.165) is 32.1 Å². The highest BCUT2D eigenvalue weighted by Gasteiger charge is 2.66. The van der Waals surface area contributed by atoms with E-state index in [2.05, 4.69) is 41.5 Å². The van der Waals surface area contributed by atoms with E-state index in [1.807, 2.05) is 0 Å². The summed E-state index contributed by atoms with van der Waals surface area (Å²) in [5.74, 6) is 0.978. The maximum Gasteiger partial charge on any atom is 0.0853 e. The zero-order valence-corrected chi connectivity index (χ0v) is 23.4. The molecule has 0 heterocycles. The summed E-state index contributed by atoms with van der Waals surface area (Å²) < 4.78 is 0. The van der Waals surface area contributed by atoms with Crippen molar-refractivity contribution in [3.8, 4) is 0 Å². The largest absolute Gasteiger partial charge is 0.392 e. The fourth-order valence-corrected chi connectivity index (χ4v) is 9.75. The molecule has 202 valence electrons. The van der Waals surface area contributed by atoms with Gasteiger partial charge in [0.15, 0.2) is 0 Å². The van der Waals surface area contributed by atoms with Gasteiger partial charge in [-0.3, -0.25) is 0 Å². The van der Waals surface area contributed by atoms with E-state index < -0.39 is 30.0 Å². The van der Waals surface area contributed by atoms with Crippen LogP contribution in [-0.2, 0) is 0 Å². The number of fused-ring (bicyclic) bond motifs is 4. The molecule has 0 aromatic heterocycles. The minimum Gasteiger partial charge on any atom is -0.392 e. The molecule has 0 aromatic carbocycles. The fraction of sp³-hybridized carbons (Fsp3) is 0.933. The van der Waals surface area contributed by atoms with Crippen LogP contribution in [0, 0.1) is 39.4 Å². The second-order valence-electron chi connectivity index (χ2n) is 14.7. The van der Waals surface area contributed by atoms with Gasteiger partial charge >= 0.3 is 0 Å². The lowest BCUT2D eigenvalue weighted by atomic mass is 9.42. The van der Waals surface area contributed by atoms with E-state index in [4.69, 9.17) is 0 Å². The molecule has 35 heavy (non-hydrogen) atoms. The van der Waals surface area contributed by atoms with Crippen molar-refractivity contribution in [1.82, 2.24) is 0 Å². The van der Waals surface area contributed by atoms with Crippen molar-refractivity contribution in [2.75, 3.05) is 0 Å². The highest BCUT2D eigenvalue weighted by atomic mass is 16.3. The first-order valence-electron chi connectivity index (χ1n) is 14.1. The van der Waals surface area contributed by atoms with Gasteiger partial charge in [0.25, 0.3) is 0 Å². The molecule has 0 amide bonds. The molecule has 10 atom stereocenters. The normalized spacial score (nSPS) is 47.1. The van der Waals surface area contributed by atoms with Gasteiger partial charge in [0.2, 0.25) is 0 Å². The molecule has 4 aliphatic carbocycles. The minimum absolute atomic E-state index is 0.0903. The summed E-state index contributed by atoms with van der Waals surface area (Å²) in [6, 6.07) is 0. The van der Waals surface area contributed by atoms with Gasteiger partial charge in [0.1, 0.15) is 0 Å². The van der Waals surface area contributed by atoms with Crippen LogP contribution >= 0.6 is 0 Å². The van der Waals surface area contributed by atoms with E-state index >= 15 is 0 Å². The second kappa shape index (κ2) is 8.53. The third kappa shape index (κ3) is 3.81. The molecule has 10 unspecified atom stereocenters. The molecule has 0 saturated heterocycles. The Hall–Kier alpha value is -0.460. The van der Waals surface area contributed by atoms with E-state index in [1.165, 1.54) is 11.1 Å². The quantitative estimate of drug-likeness (QED) is 0.362. The molecule has 0 radical (unpaired) electrons. The number of hydrogen-bond donors (Lipinski definition) is 5. The maximum absolute atomic E-state index is 11.9. The van der Waals surface area contributed by atoms with Crippen molar-refractivity contribution < 1.29 is 25.5 Å². The lowest BCUT2D eigenvalue weighted by molar-refractivity contribution is -0.163. The molecular weight excluding hydrogens is 440 g/mol. The molecule has 5 nitrogen and oxygen atoms in total. The standard InChI is InChI=1S/C30H52O5/c1-17(9-12-23(32)27(4,5)35)18-13-14-29(7)19-10-11-22-26(2,3)25(34)21(31)16-28(22,6)20(19)15-24(33)30(18,29)8/h17-18,21-25,31-35H,9-16H2,1-8H3. The van der Waals surface area contributed by atoms with E-state index in [1.54, 1.807) is 13.8 Å². The van der Waals surface area contributed by atoms with Crippen molar-refractivity contribution in [3.05, 3.63) is 11.1 Å². The Kier molecular flexibility index (Phi) is 6.72. The predicted octanol–water partition coefficient (Wildman–Crippen LogP) is 4.59. The lowest BCUT2D eigenvalue weighted by Gasteiger charge is -2.63. The van der Waals surface area contributed by atoms with Crippen molar-refractivity contribution in [1.29, 1.82) is 0 Å². The molecular formula is C30H52O5. The Morgan fingerprint density at radius 2 is 1.60 bits per heavy atom. The van der Waals surface area contributed by atoms with Gasteiger partial charge in [-0.1, -0.05) is 52.7 Å². The van der Waals surface area contributed by atoms with Crippen LogP contribution < -0.4 is 0 Å². The van der Waals surface area contributed by atoms with Gasteiger partial charge in [-0.25, -0.2) is 0 Å². The summed E-state index contributed by atoms with van der Waals surface area (Å²) in [5.41, 5.74) is 0.884. The van der Waals surface area contributed by atoms with Crippen molar-refractivity contribution >= 4 is 0 Å². The number of rotatable bonds is 5. The third-order valence-electron chi connectivity index (χ3n) is 12.2. The Morgan fingerprint density at radius 1 is 0.971 bits per heavy atom. The first-order chi connectivity index (χ1) is 15.9. The van der Waals surface area contributed by atoms with Crippen LogP contribution in [0.1, 0.15) is 107 Å². The highest BCUT2D eigenvalue weighted by Crippen LogP contribution is 2.72. The maximum atomic E-state index is 11.9. The van der Waals surface area contributed by atoms with Gasteiger partial charge < -0.3 is 25.5 Å². The summed E-state index contributed by atoms with van der Waals surface area (Å²) in [5, 5.41) is 54.2. The van der Waals surface area contributed by atoms with E-state index in [-0.39, 0.29) is 27.6 Å². The number of hydrogen-bond acceptors (Lipinski definition) is 5. The van der Waals surface area contributed by atoms with Crippen LogP contribution in [0.5, 0.6) is 0 Å². The van der Waals surface area contributed by atoms with E-state index in [9.17, 15) is 25.5 Å². The predicted molar refractivity (Wildman–Crippen MR) is 139 cm³/mol. The van der Waals surface area contributed by atoms with Crippen LogP contribution in [0.15, 0.2) is 11.1 Å². The first kappa shape index (κ1) is 27.6.